The molecule has 0 radical (unpaired) electrons. The highest BCUT2D eigenvalue weighted by atomic mass is 28.4. The lowest BCUT2D eigenvalue weighted by atomic mass is 10.2. The topological polar surface area (TPSA) is 94.0 Å². The molecular formula is C17H29N3O5Si. The molecule has 1 atom stereocenters. The smallest absolute Gasteiger partial charge is 0.407 e. The number of amides is 1. The van der Waals surface area contributed by atoms with Crippen LogP contribution in [0.25, 0.3) is 0 Å². The first-order chi connectivity index (χ1) is 12.1. The number of hydrogen-bond donors (Lipinski definition) is 1. The molecule has 0 aromatic carbocycles. The summed E-state index contributed by atoms with van der Waals surface area (Å²) in [4.78, 5) is 20.8. The molecule has 1 aliphatic rings. The first-order valence-electron chi connectivity index (χ1n) is 8.76. The molecule has 1 aliphatic heterocycles. The van der Waals surface area contributed by atoms with Gasteiger partial charge in [0.05, 0.1) is 25.5 Å². The van der Waals surface area contributed by atoms with Crippen molar-refractivity contribution < 1.29 is 23.8 Å². The van der Waals surface area contributed by atoms with Gasteiger partial charge in [0.15, 0.2) is 8.32 Å². The number of nitrogens with zero attached hydrogens (tertiary/aromatic N) is 3. The van der Waals surface area contributed by atoms with E-state index < -0.39 is 14.4 Å². The number of morpholine rings is 1. The van der Waals surface area contributed by atoms with Crippen LogP contribution in [0.2, 0.25) is 18.1 Å². The van der Waals surface area contributed by atoms with Gasteiger partial charge >= 0.3 is 12.1 Å². The van der Waals surface area contributed by atoms with Gasteiger partial charge in [-0.15, -0.1) is 0 Å². The molecule has 8 nitrogen and oxygen atoms in total. The fraction of sp³-hybridized carbons (Fsp3) is 0.706. The summed E-state index contributed by atoms with van der Waals surface area (Å²) in [6.07, 6.45) is 0.368. The molecule has 0 unspecified atom stereocenters. The third kappa shape index (κ3) is 5.65. The molecule has 2 rings (SSSR count). The molecule has 1 amide bonds. The Bertz CT molecular complexity index is 621. The maximum absolute atomic E-state index is 11.0. The van der Waals surface area contributed by atoms with Crippen LogP contribution in [-0.4, -0.2) is 66.8 Å². The van der Waals surface area contributed by atoms with Crippen LogP contribution in [0, 0.1) is 0 Å². The van der Waals surface area contributed by atoms with Crippen LogP contribution < -0.4 is 4.74 Å². The highest BCUT2D eigenvalue weighted by Gasteiger charge is 2.37. The monoisotopic (exact) mass is 383 g/mol. The molecule has 1 aromatic heterocycles. The molecule has 9 heteroatoms. The van der Waals surface area contributed by atoms with Crippen molar-refractivity contribution in [1.82, 2.24) is 14.9 Å². The molecule has 1 fully saturated rings. The van der Waals surface area contributed by atoms with Crippen molar-refractivity contribution in [3.63, 3.8) is 0 Å². The van der Waals surface area contributed by atoms with Crippen LogP contribution in [0.4, 0.5) is 4.79 Å². The zero-order valence-corrected chi connectivity index (χ0v) is 17.2. The number of rotatable bonds is 6. The minimum absolute atomic E-state index is 0.133. The van der Waals surface area contributed by atoms with Crippen molar-refractivity contribution in [3.05, 3.63) is 18.0 Å². The Hall–Kier alpha value is -1.71. The molecule has 0 bridgehead atoms. The summed E-state index contributed by atoms with van der Waals surface area (Å²) in [6, 6.07) is 2.06. The van der Waals surface area contributed by atoms with Gasteiger partial charge in [-0.1, -0.05) is 20.8 Å². The molecular weight excluding hydrogens is 354 g/mol. The third-order valence-corrected chi connectivity index (χ3v) is 9.36. The summed E-state index contributed by atoms with van der Waals surface area (Å²) in [6.45, 7) is 12.6. The van der Waals surface area contributed by atoms with Crippen LogP contribution in [-0.2, 0) is 15.8 Å². The van der Waals surface area contributed by atoms with Gasteiger partial charge in [-0.3, -0.25) is 0 Å². The standard InChI is InChI=1S/C17H29N3O5Si/c1-17(2,3)26(4,5)25-11-13-6-7-18-15(19-13)24-12-14-10-20(16(21)22)8-9-23-14/h6-7,14H,8-12H2,1-5H3,(H,21,22)/t14-/m0/s1. The van der Waals surface area contributed by atoms with E-state index in [1.807, 2.05) is 6.07 Å². The van der Waals surface area contributed by atoms with E-state index in [0.717, 1.165) is 5.69 Å². The maximum Gasteiger partial charge on any atom is 0.407 e. The Morgan fingerprint density at radius 3 is 2.85 bits per heavy atom. The molecule has 146 valence electrons. The first kappa shape index (κ1) is 20.6. The van der Waals surface area contributed by atoms with Gasteiger partial charge in [-0.25, -0.2) is 9.78 Å². The summed E-state index contributed by atoms with van der Waals surface area (Å²) < 4.78 is 17.3. The summed E-state index contributed by atoms with van der Waals surface area (Å²) in [5.74, 6) is 0. The third-order valence-electron chi connectivity index (χ3n) is 4.89. The predicted octanol–water partition coefficient (Wildman–Crippen LogP) is 2.76. The fourth-order valence-electron chi connectivity index (χ4n) is 2.16. The van der Waals surface area contributed by atoms with Crippen LogP contribution in [0.3, 0.4) is 0 Å². The van der Waals surface area contributed by atoms with E-state index in [9.17, 15) is 4.79 Å². The average molecular weight is 384 g/mol. The molecule has 0 saturated carbocycles. The number of carbonyl (C=O) groups is 1. The van der Waals surface area contributed by atoms with Crippen molar-refractivity contribution >= 4 is 14.4 Å². The van der Waals surface area contributed by atoms with Gasteiger partial charge in [0, 0.05) is 12.7 Å². The van der Waals surface area contributed by atoms with E-state index in [0.29, 0.717) is 19.8 Å². The zero-order chi connectivity index (χ0) is 19.4. The average Bonchev–Trinajstić information content (AvgIpc) is 2.58. The quantitative estimate of drug-likeness (QED) is 0.755. The normalized spacial score (nSPS) is 18.7. The van der Waals surface area contributed by atoms with E-state index in [-0.39, 0.29) is 30.3 Å². The Balaban J connectivity index is 1.88. The van der Waals surface area contributed by atoms with Gasteiger partial charge < -0.3 is 23.9 Å². The van der Waals surface area contributed by atoms with Gasteiger partial charge in [-0.2, -0.15) is 4.98 Å². The number of aromatic nitrogens is 2. The minimum atomic E-state index is -1.85. The Labute approximate surface area is 155 Å². The van der Waals surface area contributed by atoms with E-state index in [1.54, 1.807) is 6.20 Å². The summed E-state index contributed by atoms with van der Waals surface area (Å²) in [5, 5.41) is 9.19. The van der Waals surface area contributed by atoms with Crippen LogP contribution in [0.15, 0.2) is 12.3 Å². The van der Waals surface area contributed by atoms with E-state index >= 15 is 0 Å². The minimum Gasteiger partial charge on any atom is -0.465 e. The van der Waals surface area contributed by atoms with Gasteiger partial charge in [0.25, 0.3) is 0 Å². The second-order valence-corrected chi connectivity index (χ2v) is 12.7. The molecule has 0 aliphatic carbocycles. The number of carboxylic acid groups (broad SMARTS) is 1. The molecule has 1 saturated heterocycles. The van der Waals surface area contributed by atoms with Gasteiger partial charge in [0.2, 0.25) is 0 Å². The first-order valence-corrected chi connectivity index (χ1v) is 11.7. The molecule has 0 spiro atoms. The lowest BCUT2D eigenvalue weighted by Crippen LogP contribution is -2.47. The number of ether oxygens (including phenoxy) is 2. The van der Waals surface area contributed by atoms with E-state index in [1.165, 1.54) is 4.90 Å². The molecule has 1 aromatic rings. The zero-order valence-electron chi connectivity index (χ0n) is 16.2. The highest BCUT2D eigenvalue weighted by molar-refractivity contribution is 6.74. The van der Waals surface area contributed by atoms with Crippen molar-refractivity contribution in [2.75, 3.05) is 26.3 Å². The van der Waals surface area contributed by atoms with Crippen molar-refractivity contribution in [2.24, 2.45) is 0 Å². The van der Waals surface area contributed by atoms with Crippen LogP contribution in [0.1, 0.15) is 26.5 Å². The summed E-state index contributed by atoms with van der Waals surface area (Å²) in [7, 11) is -1.85. The number of hydrogen-bond acceptors (Lipinski definition) is 6. The maximum atomic E-state index is 11.0. The SMILES string of the molecule is CC(C)(C)[Si](C)(C)OCc1ccnc(OC[C@@H]2CN(C(=O)O)CCO2)n1. The second kappa shape index (κ2) is 8.32. The largest absolute Gasteiger partial charge is 0.465 e. The van der Waals surface area contributed by atoms with Gasteiger partial charge in [-0.05, 0) is 24.2 Å². The molecule has 1 N–H and O–H groups in total. The summed E-state index contributed by atoms with van der Waals surface area (Å²) >= 11 is 0. The Kier molecular flexibility index (Phi) is 6.59. The van der Waals surface area contributed by atoms with E-state index in [2.05, 4.69) is 43.8 Å². The Morgan fingerprint density at radius 2 is 2.19 bits per heavy atom. The molecule has 2 heterocycles. The van der Waals surface area contributed by atoms with Crippen LogP contribution >= 0.6 is 0 Å². The van der Waals surface area contributed by atoms with Crippen LogP contribution in [0.5, 0.6) is 6.01 Å². The van der Waals surface area contributed by atoms with Crippen molar-refractivity contribution in [1.29, 1.82) is 0 Å². The second-order valence-electron chi connectivity index (χ2n) is 7.91. The van der Waals surface area contributed by atoms with E-state index in [4.69, 9.17) is 19.0 Å². The lowest BCUT2D eigenvalue weighted by Gasteiger charge is -2.36. The highest BCUT2D eigenvalue weighted by Crippen LogP contribution is 2.36. The molecule has 26 heavy (non-hydrogen) atoms. The lowest BCUT2D eigenvalue weighted by molar-refractivity contribution is -0.0425. The fourth-order valence-corrected chi connectivity index (χ4v) is 3.10. The van der Waals surface area contributed by atoms with Crippen molar-refractivity contribution in [3.8, 4) is 6.01 Å². The van der Waals surface area contributed by atoms with Gasteiger partial charge in [0.1, 0.15) is 12.7 Å². The predicted molar refractivity (Wildman–Crippen MR) is 98.9 cm³/mol. The summed E-state index contributed by atoms with van der Waals surface area (Å²) in [5.41, 5.74) is 0.761. The van der Waals surface area contributed by atoms with Crippen molar-refractivity contribution in [2.45, 2.75) is 51.6 Å². The Morgan fingerprint density at radius 1 is 1.46 bits per heavy atom.